The second-order valence-electron chi connectivity index (χ2n) is 3.50. The van der Waals surface area contributed by atoms with Crippen molar-refractivity contribution in [3.63, 3.8) is 0 Å². The molecule has 1 fully saturated rings. The van der Waals surface area contributed by atoms with Crippen LogP contribution in [0.1, 0.15) is 27.2 Å². The molecule has 0 N–H and O–H groups in total. The molecular weight excluding hydrogens is 128 g/mol. The molecule has 10 heavy (non-hydrogen) atoms. The van der Waals surface area contributed by atoms with Gasteiger partial charge in [-0.25, -0.2) is 0 Å². The van der Waals surface area contributed by atoms with E-state index >= 15 is 0 Å². The third-order valence-electron chi connectivity index (χ3n) is 2.08. The van der Waals surface area contributed by atoms with Gasteiger partial charge < -0.3 is 4.74 Å². The number of hydrogen-bond acceptors (Lipinski definition) is 2. The number of hydrogen-bond donors (Lipinski definition) is 0. The fourth-order valence-electron chi connectivity index (χ4n) is 1.11. The van der Waals surface area contributed by atoms with Crippen LogP contribution >= 0.6 is 0 Å². The van der Waals surface area contributed by atoms with Crippen LogP contribution in [-0.4, -0.2) is 12.6 Å². The van der Waals surface area contributed by atoms with Crippen molar-refractivity contribution in [3.8, 4) is 0 Å². The summed E-state index contributed by atoms with van der Waals surface area (Å²) >= 11 is 0. The Morgan fingerprint density at radius 3 is 2.50 bits per heavy atom. The first-order valence-electron chi connectivity index (χ1n) is 3.74. The predicted octanol–water partition coefficient (Wildman–Crippen LogP) is 1.60. The van der Waals surface area contributed by atoms with Crippen molar-refractivity contribution in [2.24, 2.45) is 11.3 Å². The van der Waals surface area contributed by atoms with Crippen molar-refractivity contribution in [2.45, 2.75) is 27.2 Å². The lowest BCUT2D eigenvalue weighted by molar-refractivity contribution is -0.145. The molecular formula is C8H14O2. The molecule has 0 spiro atoms. The quantitative estimate of drug-likeness (QED) is 0.547. The van der Waals surface area contributed by atoms with Gasteiger partial charge in [-0.2, -0.15) is 0 Å². The van der Waals surface area contributed by atoms with E-state index in [4.69, 9.17) is 4.74 Å². The largest absolute Gasteiger partial charge is 0.466 e. The number of rotatable bonds is 2. The van der Waals surface area contributed by atoms with E-state index in [1.54, 1.807) is 0 Å². The van der Waals surface area contributed by atoms with Crippen LogP contribution in [0.2, 0.25) is 0 Å². The van der Waals surface area contributed by atoms with E-state index in [1.165, 1.54) is 0 Å². The van der Waals surface area contributed by atoms with Crippen molar-refractivity contribution in [3.05, 3.63) is 0 Å². The Balaban J connectivity index is 2.33. The maximum atomic E-state index is 11.0. The SMILES string of the molecule is CCOC(=O)[C@@H]1CC1(C)C. The predicted molar refractivity (Wildman–Crippen MR) is 38.5 cm³/mol. The molecule has 1 atom stereocenters. The Labute approximate surface area is 61.6 Å². The molecule has 0 bridgehead atoms. The fourth-order valence-corrected chi connectivity index (χ4v) is 1.11. The maximum Gasteiger partial charge on any atom is 0.309 e. The van der Waals surface area contributed by atoms with Crippen LogP contribution in [0.5, 0.6) is 0 Å². The third-order valence-corrected chi connectivity index (χ3v) is 2.08. The van der Waals surface area contributed by atoms with Gasteiger partial charge in [-0.1, -0.05) is 13.8 Å². The van der Waals surface area contributed by atoms with E-state index in [9.17, 15) is 4.79 Å². The van der Waals surface area contributed by atoms with Crippen LogP contribution in [0.4, 0.5) is 0 Å². The minimum absolute atomic E-state index is 0.0208. The van der Waals surface area contributed by atoms with E-state index in [0.717, 1.165) is 6.42 Å². The smallest absolute Gasteiger partial charge is 0.309 e. The van der Waals surface area contributed by atoms with Gasteiger partial charge in [0.2, 0.25) is 0 Å². The van der Waals surface area contributed by atoms with Crippen molar-refractivity contribution in [1.82, 2.24) is 0 Å². The van der Waals surface area contributed by atoms with Crippen molar-refractivity contribution in [1.29, 1.82) is 0 Å². The lowest BCUT2D eigenvalue weighted by Gasteiger charge is -2.01. The van der Waals surface area contributed by atoms with Crippen LogP contribution in [0.15, 0.2) is 0 Å². The molecule has 0 radical (unpaired) electrons. The van der Waals surface area contributed by atoms with Gasteiger partial charge in [-0.15, -0.1) is 0 Å². The summed E-state index contributed by atoms with van der Waals surface area (Å²) in [6.45, 7) is 6.53. The van der Waals surface area contributed by atoms with Gasteiger partial charge in [0.25, 0.3) is 0 Å². The van der Waals surface area contributed by atoms with Gasteiger partial charge in [0.15, 0.2) is 0 Å². The minimum atomic E-state index is -0.0208. The molecule has 58 valence electrons. The lowest BCUT2D eigenvalue weighted by atomic mass is 10.1. The van der Waals surface area contributed by atoms with E-state index in [0.29, 0.717) is 6.61 Å². The second kappa shape index (κ2) is 2.26. The second-order valence-corrected chi connectivity index (χ2v) is 3.50. The summed E-state index contributed by atoms with van der Waals surface area (Å²) < 4.78 is 4.86. The fraction of sp³-hybridized carbons (Fsp3) is 0.875. The van der Waals surface area contributed by atoms with E-state index in [-0.39, 0.29) is 17.3 Å². The Morgan fingerprint density at radius 2 is 2.20 bits per heavy atom. The molecule has 2 nitrogen and oxygen atoms in total. The molecule has 0 aromatic carbocycles. The molecule has 1 rings (SSSR count). The molecule has 0 saturated heterocycles. The molecule has 0 amide bonds. The van der Waals surface area contributed by atoms with E-state index in [1.807, 2.05) is 6.92 Å². The standard InChI is InChI=1S/C8H14O2/c1-4-10-7(9)6-5-8(6,2)3/h6H,4-5H2,1-3H3/t6-/m0/s1. The summed E-state index contributed by atoms with van der Waals surface area (Å²) in [4.78, 5) is 11.0. The summed E-state index contributed by atoms with van der Waals surface area (Å²) in [5.41, 5.74) is 0.215. The molecule has 1 aliphatic carbocycles. The monoisotopic (exact) mass is 142 g/mol. The highest BCUT2D eigenvalue weighted by Gasteiger charge is 2.51. The Kier molecular flexibility index (Phi) is 1.71. The Hall–Kier alpha value is -0.530. The maximum absolute atomic E-state index is 11.0. The summed E-state index contributed by atoms with van der Waals surface area (Å²) in [7, 11) is 0. The highest BCUT2D eigenvalue weighted by molar-refractivity contribution is 5.76. The molecule has 1 saturated carbocycles. The molecule has 0 aromatic rings. The molecule has 2 heteroatoms. The van der Waals surface area contributed by atoms with Crippen molar-refractivity contribution >= 4 is 5.97 Å². The first-order valence-corrected chi connectivity index (χ1v) is 3.74. The van der Waals surface area contributed by atoms with Crippen LogP contribution in [-0.2, 0) is 9.53 Å². The third kappa shape index (κ3) is 1.31. The topological polar surface area (TPSA) is 26.3 Å². The number of carbonyl (C=O) groups is 1. The first-order chi connectivity index (χ1) is 4.58. The average Bonchev–Trinajstić information content (AvgIpc) is 2.41. The number of carbonyl (C=O) groups excluding carboxylic acids is 1. The highest BCUT2D eigenvalue weighted by Crippen LogP contribution is 2.52. The zero-order valence-electron chi connectivity index (χ0n) is 6.81. The minimum Gasteiger partial charge on any atom is -0.466 e. The molecule has 0 aromatic heterocycles. The summed E-state index contributed by atoms with van der Waals surface area (Å²) in [6.07, 6.45) is 0.992. The summed E-state index contributed by atoms with van der Waals surface area (Å²) in [5.74, 6) is 0.153. The zero-order chi connectivity index (χ0) is 7.78. The van der Waals surface area contributed by atoms with Crippen LogP contribution in [0.3, 0.4) is 0 Å². The Bertz CT molecular complexity index is 149. The Morgan fingerprint density at radius 1 is 1.70 bits per heavy atom. The van der Waals surface area contributed by atoms with Crippen molar-refractivity contribution < 1.29 is 9.53 Å². The number of ether oxygens (including phenoxy) is 1. The summed E-state index contributed by atoms with van der Waals surface area (Å²) in [6, 6.07) is 0. The molecule has 0 heterocycles. The molecule has 0 unspecified atom stereocenters. The average molecular weight is 142 g/mol. The first kappa shape index (κ1) is 7.58. The normalized spacial score (nSPS) is 27.7. The van der Waals surface area contributed by atoms with Gasteiger partial charge >= 0.3 is 5.97 Å². The van der Waals surface area contributed by atoms with Gasteiger partial charge in [0.05, 0.1) is 12.5 Å². The van der Waals surface area contributed by atoms with Crippen LogP contribution in [0, 0.1) is 11.3 Å². The van der Waals surface area contributed by atoms with Gasteiger partial charge in [-0.3, -0.25) is 4.79 Å². The lowest BCUT2D eigenvalue weighted by Crippen LogP contribution is -2.09. The summed E-state index contributed by atoms with van der Waals surface area (Å²) in [5, 5.41) is 0. The highest BCUT2D eigenvalue weighted by atomic mass is 16.5. The van der Waals surface area contributed by atoms with Gasteiger partial charge in [-0.05, 0) is 18.8 Å². The molecule has 1 aliphatic rings. The zero-order valence-corrected chi connectivity index (χ0v) is 6.81. The van der Waals surface area contributed by atoms with Gasteiger partial charge in [0, 0.05) is 0 Å². The van der Waals surface area contributed by atoms with E-state index in [2.05, 4.69) is 13.8 Å². The van der Waals surface area contributed by atoms with E-state index < -0.39 is 0 Å². The van der Waals surface area contributed by atoms with Crippen LogP contribution in [0.25, 0.3) is 0 Å². The van der Waals surface area contributed by atoms with Gasteiger partial charge in [0.1, 0.15) is 0 Å². The number of esters is 1. The van der Waals surface area contributed by atoms with Crippen LogP contribution < -0.4 is 0 Å². The van der Waals surface area contributed by atoms with Crippen molar-refractivity contribution in [2.75, 3.05) is 6.61 Å². The molecule has 0 aliphatic heterocycles.